The zero-order chi connectivity index (χ0) is 8.43. The van der Waals surface area contributed by atoms with Crippen molar-refractivity contribution in [2.75, 3.05) is 0 Å². The van der Waals surface area contributed by atoms with Crippen LogP contribution in [0.25, 0.3) is 0 Å². The van der Waals surface area contributed by atoms with E-state index in [9.17, 15) is 4.39 Å². The molecular weight excluding hydrogens is 326 g/mol. The van der Waals surface area contributed by atoms with Gasteiger partial charge in [0.05, 0.1) is 11.1 Å². The van der Waals surface area contributed by atoms with Gasteiger partial charge in [0, 0.05) is 9.13 Å². The summed E-state index contributed by atoms with van der Waals surface area (Å²) in [5.74, 6) is -0.382. The van der Waals surface area contributed by atoms with Crippen molar-refractivity contribution in [2.45, 2.75) is 6.61 Å². The summed E-state index contributed by atoms with van der Waals surface area (Å²) in [5.41, 5.74) is 0.323. The van der Waals surface area contributed by atoms with Crippen molar-refractivity contribution in [3.8, 4) is 0 Å². The molecule has 1 rings (SSSR count). The summed E-state index contributed by atoms with van der Waals surface area (Å²) in [7, 11) is 0. The first-order valence-electron chi connectivity index (χ1n) is 2.89. The molecule has 0 spiro atoms. The van der Waals surface area contributed by atoms with Gasteiger partial charge in [-0.15, -0.1) is 0 Å². The van der Waals surface area contributed by atoms with Crippen LogP contribution >= 0.6 is 38.5 Å². The van der Waals surface area contributed by atoms with Gasteiger partial charge < -0.3 is 5.11 Å². The molecule has 0 saturated carbocycles. The van der Waals surface area contributed by atoms with E-state index in [1.165, 1.54) is 0 Å². The summed E-state index contributed by atoms with van der Waals surface area (Å²) in [6, 6.07) is 3.27. The molecule has 1 aromatic rings. The van der Waals surface area contributed by atoms with E-state index >= 15 is 0 Å². The van der Waals surface area contributed by atoms with E-state index in [0.29, 0.717) is 10.0 Å². The van der Waals surface area contributed by atoms with E-state index in [1.54, 1.807) is 12.1 Å². The fraction of sp³-hybridized carbons (Fsp3) is 0.143. The normalized spacial score (nSPS) is 10.2. The molecule has 1 nitrogen and oxygen atoms in total. The molecule has 1 N–H and O–H groups in total. The summed E-state index contributed by atoms with van der Waals surface area (Å²) in [6.07, 6.45) is 0. The van der Waals surface area contributed by atoms with Crippen molar-refractivity contribution in [3.63, 3.8) is 0 Å². The molecule has 0 saturated heterocycles. The number of hydrogen-bond donors (Lipinski definition) is 1. The predicted molar refractivity (Wildman–Crippen MR) is 52.7 cm³/mol. The number of rotatable bonds is 1. The Morgan fingerprint density at radius 3 is 2.73 bits per heavy atom. The molecule has 0 unspecified atom stereocenters. The SMILES string of the molecule is OCc1cc(I)cc(Br)c1F. The van der Waals surface area contributed by atoms with Gasteiger partial charge in [-0.2, -0.15) is 0 Å². The zero-order valence-electron chi connectivity index (χ0n) is 5.44. The Kier molecular flexibility index (Phi) is 3.27. The summed E-state index contributed by atoms with van der Waals surface area (Å²) in [4.78, 5) is 0. The van der Waals surface area contributed by atoms with E-state index in [2.05, 4.69) is 38.5 Å². The van der Waals surface area contributed by atoms with Gasteiger partial charge >= 0.3 is 0 Å². The van der Waals surface area contributed by atoms with E-state index in [-0.39, 0.29) is 12.4 Å². The summed E-state index contributed by atoms with van der Waals surface area (Å²) in [5, 5.41) is 8.70. The van der Waals surface area contributed by atoms with Crippen LogP contribution in [0.4, 0.5) is 4.39 Å². The Hall–Kier alpha value is 0.320. The molecular formula is C7H5BrFIO. The lowest BCUT2D eigenvalue weighted by Crippen LogP contribution is -1.91. The lowest BCUT2D eigenvalue weighted by Gasteiger charge is -2.01. The minimum atomic E-state index is -0.382. The van der Waals surface area contributed by atoms with Crippen molar-refractivity contribution in [1.29, 1.82) is 0 Å². The molecule has 60 valence electrons. The summed E-state index contributed by atoms with van der Waals surface area (Å²) < 4.78 is 14.3. The van der Waals surface area contributed by atoms with Gasteiger partial charge in [-0.1, -0.05) is 0 Å². The van der Waals surface area contributed by atoms with Crippen LogP contribution in [0, 0.1) is 9.39 Å². The smallest absolute Gasteiger partial charge is 0.142 e. The van der Waals surface area contributed by atoms with Crippen LogP contribution in [0.5, 0.6) is 0 Å². The molecule has 0 aliphatic carbocycles. The van der Waals surface area contributed by atoms with Crippen LogP contribution in [0.15, 0.2) is 16.6 Å². The third-order valence-corrected chi connectivity index (χ3v) is 2.44. The minimum Gasteiger partial charge on any atom is -0.392 e. The number of aliphatic hydroxyl groups is 1. The summed E-state index contributed by atoms with van der Waals surface area (Å²) >= 11 is 5.11. The molecule has 0 heterocycles. The van der Waals surface area contributed by atoms with Crippen LogP contribution in [-0.2, 0) is 6.61 Å². The third kappa shape index (κ3) is 2.13. The van der Waals surface area contributed by atoms with E-state index in [0.717, 1.165) is 3.57 Å². The monoisotopic (exact) mass is 330 g/mol. The number of benzene rings is 1. The highest BCUT2D eigenvalue weighted by Gasteiger charge is 2.06. The molecule has 0 bridgehead atoms. The largest absolute Gasteiger partial charge is 0.392 e. The molecule has 0 aromatic heterocycles. The van der Waals surface area contributed by atoms with Gasteiger partial charge in [-0.05, 0) is 50.7 Å². The summed E-state index contributed by atoms with van der Waals surface area (Å²) in [6.45, 7) is -0.263. The molecule has 0 fully saturated rings. The van der Waals surface area contributed by atoms with Crippen molar-refractivity contribution < 1.29 is 9.50 Å². The Balaban J connectivity index is 3.24. The zero-order valence-corrected chi connectivity index (χ0v) is 9.19. The molecule has 0 radical (unpaired) electrons. The van der Waals surface area contributed by atoms with Crippen LogP contribution < -0.4 is 0 Å². The molecule has 0 aliphatic rings. The first-order valence-corrected chi connectivity index (χ1v) is 4.76. The minimum absolute atomic E-state index is 0.263. The van der Waals surface area contributed by atoms with Crippen LogP contribution in [0.1, 0.15) is 5.56 Å². The Bertz CT molecular complexity index is 277. The highest BCUT2D eigenvalue weighted by molar-refractivity contribution is 14.1. The second-order valence-corrected chi connectivity index (χ2v) is 4.12. The van der Waals surface area contributed by atoms with Crippen molar-refractivity contribution in [2.24, 2.45) is 0 Å². The lowest BCUT2D eigenvalue weighted by atomic mass is 10.2. The molecule has 4 heteroatoms. The molecule has 0 atom stereocenters. The van der Waals surface area contributed by atoms with E-state index in [1.807, 2.05) is 0 Å². The second kappa shape index (κ2) is 3.82. The molecule has 0 aliphatic heterocycles. The Morgan fingerprint density at radius 1 is 1.55 bits per heavy atom. The molecule has 1 aromatic carbocycles. The third-order valence-electron chi connectivity index (χ3n) is 1.24. The first kappa shape index (κ1) is 9.41. The van der Waals surface area contributed by atoms with Gasteiger partial charge in [0.2, 0.25) is 0 Å². The maximum Gasteiger partial charge on any atom is 0.142 e. The highest BCUT2D eigenvalue weighted by atomic mass is 127. The quantitative estimate of drug-likeness (QED) is 0.620. The maximum atomic E-state index is 13.0. The van der Waals surface area contributed by atoms with E-state index in [4.69, 9.17) is 5.11 Å². The van der Waals surface area contributed by atoms with Gasteiger partial charge in [0.1, 0.15) is 5.82 Å². The second-order valence-electron chi connectivity index (χ2n) is 2.02. The van der Waals surface area contributed by atoms with Gasteiger partial charge in [0.25, 0.3) is 0 Å². The maximum absolute atomic E-state index is 13.0. The number of aliphatic hydroxyl groups excluding tert-OH is 1. The predicted octanol–water partition coefficient (Wildman–Crippen LogP) is 2.69. The average Bonchev–Trinajstić information content (AvgIpc) is 1.96. The number of halogens is 3. The van der Waals surface area contributed by atoms with Crippen LogP contribution in [0.2, 0.25) is 0 Å². The fourth-order valence-electron chi connectivity index (χ4n) is 0.724. The Labute approximate surface area is 85.9 Å². The van der Waals surface area contributed by atoms with Gasteiger partial charge in [0.15, 0.2) is 0 Å². The van der Waals surface area contributed by atoms with Crippen molar-refractivity contribution >= 4 is 38.5 Å². The first-order chi connectivity index (χ1) is 5.15. The lowest BCUT2D eigenvalue weighted by molar-refractivity contribution is 0.275. The standard InChI is InChI=1S/C7H5BrFIO/c8-6-2-5(10)1-4(3-11)7(6)9/h1-2,11H,3H2. The van der Waals surface area contributed by atoms with Gasteiger partial charge in [-0.25, -0.2) is 4.39 Å². The molecule has 11 heavy (non-hydrogen) atoms. The van der Waals surface area contributed by atoms with Crippen LogP contribution in [-0.4, -0.2) is 5.11 Å². The fourth-order valence-corrected chi connectivity index (χ4v) is 2.34. The molecule has 0 amide bonds. The van der Waals surface area contributed by atoms with Gasteiger partial charge in [-0.3, -0.25) is 0 Å². The van der Waals surface area contributed by atoms with E-state index < -0.39 is 0 Å². The topological polar surface area (TPSA) is 20.2 Å². The highest BCUT2D eigenvalue weighted by Crippen LogP contribution is 2.22. The Morgan fingerprint density at radius 2 is 2.18 bits per heavy atom. The average molecular weight is 331 g/mol. The van der Waals surface area contributed by atoms with Crippen molar-refractivity contribution in [1.82, 2.24) is 0 Å². The van der Waals surface area contributed by atoms with Crippen molar-refractivity contribution in [3.05, 3.63) is 31.6 Å². The van der Waals surface area contributed by atoms with Crippen LogP contribution in [0.3, 0.4) is 0 Å². The number of hydrogen-bond acceptors (Lipinski definition) is 1.